The number of H-pyrrole nitrogens is 1. The molecule has 3 rings (SSSR count). The molecule has 0 saturated heterocycles. The van der Waals surface area contributed by atoms with Crippen LogP contribution < -0.4 is 21.3 Å². The number of aromatic nitrogens is 1. The number of alkyl halides is 3. The van der Waals surface area contributed by atoms with E-state index in [1.165, 1.54) is 6.07 Å². The van der Waals surface area contributed by atoms with Crippen molar-refractivity contribution in [1.82, 2.24) is 26.3 Å². The van der Waals surface area contributed by atoms with Crippen LogP contribution in [0.5, 0.6) is 0 Å². The van der Waals surface area contributed by atoms with Gasteiger partial charge in [0.1, 0.15) is 6.04 Å². The summed E-state index contributed by atoms with van der Waals surface area (Å²) < 4.78 is 38.7. The second-order valence-corrected chi connectivity index (χ2v) is 9.61. The van der Waals surface area contributed by atoms with Crippen LogP contribution in [0.2, 0.25) is 0 Å². The van der Waals surface area contributed by atoms with Crippen molar-refractivity contribution in [3.63, 3.8) is 0 Å². The van der Waals surface area contributed by atoms with Gasteiger partial charge in [0.05, 0.1) is 12.1 Å². The lowest BCUT2D eigenvalue weighted by molar-refractivity contribution is -0.137. The third-order valence-corrected chi connectivity index (χ3v) is 5.35. The Kier molecular flexibility index (Phi) is 8.59. The summed E-state index contributed by atoms with van der Waals surface area (Å²) in [7, 11) is 0. The largest absolute Gasteiger partial charge is 0.416 e. The molecule has 0 aliphatic heterocycles. The minimum atomic E-state index is -4.60. The molecule has 0 saturated carbocycles. The lowest BCUT2D eigenvalue weighted by Crippen LogP contribution is -2.56. The monoisotopic (exact) mass is 517 g/mol. The fraction of sp³-hybridized carbons (Fsp3) is 0.346. The molecule has 3 aromatic rings. The van der Waals surface area contributed by atoms with Gasteiger partial charge < -0.3 is 26.3 Å². The average molecular weight is 518 g/mol. The van der Waals surface area contributed by atoms with Crippen molar-refractivity contribution in [3.05, 3.63) is 71.4 Å². The second-order valence-electron chi connectivity index (χ2n) is 9.61. The zero-order valence-electron chi connectivity index (χ0n) is 20.8. The van der Waals surface area contributed by atoms with E-state index in [1.807, 2.05) is 30.5 Å². The molecule has 8 nitrogen and oxygen atoms in total. The topological polar surface area (TPSA) is 115 Å². The lowest BCUT2D eigenvalue weighted by Gasteiger charge is -2.26. The highest BCUT2D eigenvalue weighted by Crippen LogP contribution is 2.29. The number of hydrogen-bond donors (Lipinski definition) is 5. The van der Waals surface area contributed by atoms with E-state index in [-0.39, 0.29) is 12.1 Å². The third-order valence-electron chi connectivity index (χ3n) is 5.35. The van der Waals surface area contributed by atoms with Gasteiger partial charge in [-0.25, -0.2) is 0 Å². The Morgan fingerprint density at radius 3 is 2.43 bits per heavy atom. The Bertz CT molecular complexity index is 1260. The Morgan fingerprint density at radius 2 is 1.73 bits per heavy atom. The van der Waals surface area contributed by atoms with Crippen molar-refractivity contribution in [1.29, 1.82) is 0 Å². The average Bonchev–Trinajstić information content (AvgIpc) is 3.23. The predicted octanol–water partition coefficient (Wildman–Crippen LogP) is 3.11. The van der Waals surface area contributed by atoms with Crippen LogP contribution in [0.15, 0.2) is 54.7 Å². The maximum absolute atomic E-state index is 12.9. The molecule has 3 amide bonds. The lowest BCUT2D eigenvalue weighted by atomic mass is 10.1. The number of benzene rings is 2. The van der Waals surface area contributed by atoms with E-state index in [0.717, 1.165) is 28.6 Å². The number of para-hydroxylation sites is 1. The number of hydrogen-bond acceptors (Lipinski definition) is 4. The summed E-state index contributed by atoms with van der Waals surface area (Å²) in [6.45, 7) is 5.44. The number of nitrogens with one attached hydrogen (secondary N) is 5. The van der Waals surface area contributed by atoms with E-state index in [9.17, 15) is 27.6 Å². The highest BCUT2D eigenvalue weighted by molar-refractivity contribution is 5.97. The molecule has 0 bridgehead atoms. The summed E-state index contributed by atoms with van der Waals surface area (Å²) in [5.41, 5.74) is 0.223. The first-order valence-corrected chi connectivity index (χ1v) is 11.7. The fourth-order valence-corrected chi connectivity index (χ4v) is 3.64. The molecule has 1 atom stereocenters. The molecule has 198 valence electrons. The van der Waals surface area contributed by atoms with Crippen LogP contribution in [0, 0.1) is 0 Å². The van der Waals surface area contributed by atoms with Crippen LogP contribution in [0.1, 0.15) is 42.3 Å². The summed E-state index contributed by atoms with van der Waals surface area (Å²) in [4.78, 5) is 40.8. The molecule has 0 spiro atoms. The van der Waals surface area contributed by atoms with Crippen LogP contribution in [-0.4, -0.2) is 47.4 Å². The highest BCUT2D eigenvalue weighted by atomic mass is 19.4. The molecular weight excluding hydrogens is 487 g/mol. The van der Waals surface area contributed by atoms with Crippen LogP contribution in [0.4, 0.5) is 13.2 Å². The van der Waals surface area contributed by atoms with Gasteiger partial charge in [0.25, 0.3) is 5.91 Å². The van der Waals surface area contributed by atoms with Crippen molar-refractivity contribution in [2.45, 2.75) is 45.1 Å². The van der Waals surface area contributed by atoms with Crippen molar-refractivity contribution in [2.75, 3.05) is 13.1 Å². The van der Waals surface area contributed by atoms with Gasteiger partial charge in [0, 0.05) is 41.3 Å². The number of rotatable bonds is 9. The van der Waals surface area contributed by atoms with Gasteiger partial charge in [0.2, 0.25) is 11.8 Å². The van der Waals surface area contributed by atoms with E-state index < -0.39 is 47.6 Å². The summed E-state index contributed by atoms with van der Waals surface area (Å²) in [5, 5.41) is 11.9. The smallest absolute Gasteiger partial charge is 0.361 e. The first kappa shape index (κ1) is 27.7. The standard InChI is InChI=1S/C26H30F3N5O3/c1-25(2,3)34-24(37)21(14-30-12-17-13-31-20-10-5-4-9-19(17)20)33-22(35)15-32-23(36)16-7-6-8-18(11-16)26(27,28)29/h4-11,13,21,30-31H,12,14-15H2,1-3H3,(H,32,36)(H,33,35)(H,34,37). The number of carbonyl (C=O) groups excluding carboxylic acids is 3. The maximum atomic E-state index is 12.9. The van der Waals surface area contributed by atoms with Crippen LogP contribution >= 0.6 is 0 Å². The van der Waals surface area contributed by atoms with E-state index in [2.05, 4.69) is 26.3 Å². The summed E-state index contributed by atoms with van der Waals surface area (Å²) in [6, 6.07) is 10.7. The second kappa shape index (κ2) is 11.5. The van der Waals surface area contributed by atoms with Crippen molar-refractivity contribution in [3.8, 4) is 0 Å². The van der Waals surface area contributed by atoms with Crippen molar-refractivity contribution >= 4 is 28.6 Å². The van der Waals surface area contributed by atoms with Gasteiger partial charge in [0.15, 0.2) is 0 Å². The van der Waals surface area contributed by atoms with Gasteiger partial charge in [-0.2, -0.15) is 13.2 Å². The van der Waals surface area contributed by atoms with Crippen LogP contribution in [0.3, 0.4) is 0 Å². The quantitative estimate of drug-likeness (QED) is 0.300. The first-order valence-electron chi connectivity index (χ1n) is 11.7. The summed E-state index contributed by atoms with van der Waals surface area (Å²) >= 11 is 0. The van der Waals surface area contributed by atoms with Gasteiger partial charge >= 0.3 is 6.18 Å². The van der Waals surface area contributed by atoms with E-state index in [4.69, 9.17) is 0 Å². The van der Waals surface area contributed by atoms with E-state index in [1.54, 1.807) is 20.8 Å². The van der Waals surface area contributed by atoms with Gasteiger partial charge in [-0.05, 0) is 50.6 Å². The SMILES string of the molecule is CC(C)(C)NC(=O)C(CNCc1c[nH]c2ccccc12)NC(=O)CNC(=O)c1cccc(C(F)(F)F)c1. The third kappa shape index (κ3) is 8.07. The Balaban J connectivity index is 1.60. The molecule has 0 aliphatic carbocycles. The van der Waals surface area contributed by atoms with Crippen LogP contribution in [0.25, 0.3) is 10.9 Å². The normalized spacial score (nSPS) is 12.7. The first-order chi connectivity index (χ1) is 17.3. The molecule has 1 aromatic heterocycles. The molecular formula is C26H30F3N5O3. The zero-order chi connectivity index (χ0) is 27.2. The molecule has 5 N–H and O–H groups in total. The number of aromatic amines is 1. The molecule has 0 aliphatic rings. The van der Waals surface area contributed by atoms with Gasteiger partial charge in [-0.15, -0.1) is 0 Å². The Morgan fingerprint density at radius 1 is 1.00 bits per heavy atom. The molecule has 1 unspecified atom stereocenters. The predicted molar refractivity (Wildman–Crippen MR) is 134 cm³/mol. The fourth-order valence-electron chi connectivity index (χ4n) is 3.64. The Hall–Kier alpha value is -3.86. The number of halogens is 3. The maximum Gasteiger partial charge on any atom is 0.416 e. The van der Waals surface area contributed by atoms with Crippen molar-refractivity contribution in [2.24, 2.45) is 0 Å². The molecule has 2 aromatic carbocycles. The summed E-state index contributed by atoms with van der Waals surface area (Å²) in [6.07, 6.45) is -2.73. The van der Waals surface area contributed by atoms with E-state index in [0.29, 0.717) is 12.6 Å². The number of carbonyl (C=O) groups is 3. The molecule has 0 fully saturated rings. The minimum absolute atomic E-state index is 0.106. The van der Waals surface area contributed by atoms with Crippen molar-refractivity contribution < 1.29 is 27.6 Å². The highest BCUT2D eigenvalue weighted by Gasteiger charge is 2.31. The van der Waals surface area contributed by atoms with Crippen LogP contribution in [-0.2, 0) is 22.3 Å². The van der Waals surface area contributed by atoms with Gasteiger partial charge in [-0.1, -0.05) is 24.3 Å². The molecule has 37 heavy (non-hydrogen) atoms. The minimum Gasteiger partial charge on any atom is -0.361 e. The molecule has 1 heterocycles. The Labute approximate surface area is 212 Å². The number of fused-ring (bicyclic) bond motifs is 1. The van der Waals surface area contributed by atoms with Gasteiger partial charge in [-0.3, -0.25) is 14.4 Å². The summed E-state index contributed by atoms with van der Waals surface area (Å²) in [5.74, 6) is -1.92. The molecule has 11 heteroatoms. The number of amides is 3. The molecule has 0 radical (unpaired) electrons. The van der Waals surface area contributed by atoms with E-state index >= 15 is 0 Å². The zero-order valence-corrected chi connectivity index (χ0v) is 20.8.